The molecule has 108 valence electrons. The average Bonchev–Trinajstić information content (AvgIpc) is 2.42. The van der Waals surface area contributed by atoms with Crippen molar-refractivity contribution in [3.8, 4) is 0 Å². The Balaban J connectivity index is 1.98. The first-order valence-electron chi connectivity index (χ1n) is 7.65. The standard InChI is InChI=1S/C15H26N2OS/c1-11-5-7-12(8-6-11)17-14(18)15(13(16)19)9-3-2-4-10-15/h11-12H,2-10H2,1H3,(H2,16,19)(H,17,18). The van der Waals surface area contributed by atoms with Gasteiger partial charge in [0.25, 0.3) is 0 Å². The Hall–Kier alpha value is -0.640. The van der Waals surface area contributed by atoms with Crippen molar-refractivity contribution in [1.82, 2.24) is 5.32 Å². The lowest BCUT2D eigenvalue weighted by Gasteiger charge is -2.37. The molecule has 0 aromatic carbocycles. The van der Waals surface area contributed by atoms with Crippen LogP contribution in [-0.4, -0.2) is 16.9 Å². The van der Waals surface area contributed by atoms with E-state index in [1.165, 1.54) is 19.3 Å². The van der Waals surface area contributed by atoms with Crippen molar-refractivity contribution in [3.05, 3.63) is 0 Å². The summed E-state index contributed by atoms with van der Waals surface area (Å²) in [6, 6.07) is 0.330. The van der Waals surface area contributed by atoms with Gasteiger partial charge in [-0.1, -0.05) is 38.4 Å². The number of nitrogens with two attached hydrogens (primary N) is 1. The number of carbonyl (C=O) groups excluding carboxylic acids is 1. The molecule has 0 radical (unpaired) electrons. The second kappa shape index (κ2) is 6.21. The van der Waals surface area contributed by atoms with Gasteiger partial charge >= 0.3 is 0 Å². The highest BCUT2D eigenvalue weighted by molar-refractivity contribution is 7.80. The molecule has 0 saturated heterocycles. The molecule has 2 aliphatic carbocycles. The first-order valence-corrected chi connectivity index (χ1v) is 8.06. The minimum absolute atomic E-state index is 0.0965. The van der Waals surface area contributed by atoms with Gasteiger partial charge < -0.3 is 11.1 Å². The fourth-order valence-corrected chi connectivity index (χ4v) is 3.77. The first-order chi connectivity index (χ1) is 9.04. The van der Waals surface area contributed by atoms with Crippen LogP contribution in [0.3, 0.4) is 0 Å². The maximum atomic E-state index is 12.6. The number of amides is 1. The molecule has 0 unspecified atom stereocenters. The zero-order chi connectivity index (χ0) is 13.9. The Labute approximate surface area is 121 Å². The van der Waals surface area contributed by atoms with Crippen LogP contribution in [-0.2, 0) is 4.79 Å². The van der Waals surface area contributed by atoms with Crippen molar-refractivity contribution in [2.75, 3.05) is 0 Å². The number of nitrogens with one attached hydrogen (secondary N) is 1. The normalized spacial score (nSPS) is 30.6. The van der Waals surface area contributed by atoms with Gasteiger partial charge in [-0.15, -0.1) is 0 Å². The van der Waals surface area contributed by atoms with Crippen LogP contribution < -0.4 is 11.1 Å². The molecular weight excluding hydrogens is 256 g/mol. The van der Waals surface area contributed by atoms with Crippen LogP contribution in [0.2, 0.25) is 0 Å². The molecule has 0 bridgehead atoms. The highest BCUT2D eigenvalue weighted by Crippen LogP contribution is 2.37. The third kappa shape index (κ3) is 3.28. The van der Waals surface area contributed by atoms with Crippen molar-refractivity contribution in [2.45, 2.75) is 70.8 Å². The molecule has 0 atom stereocenters. The minimum atomic E-state index is -0.559. The molecule has 2 aliphatic rings. The summed E-state index contributed by atoms with van der Waals surface area (Å²) in [5.41, 5.74) is 5.34. The highest BCUT2D eigenvalue weighted by atomic mass is 32.1. The van der Waals surface area contributed by atoms with Crippen LogP contribution in [0.5, 0.6) is 0 Å². The lowest BCUT2D eigenvalue weighted by Crippen LogP contribution is -2.53. The molecule has 3 nitrogen and oxygen atoms in total. The Morgan fingerprint density at radius 2 is 1.74 bits per heavy atom. The quantitative estimate of drug-likeness (QED) is 0.783. The van der Waals surface area contributed by atoms with Gasteiger partial charge in [-0.3, -0.25) is 4.79 Å². The van der Waals surface area contributed by atoms with Crippen molar-refractivity contribution in [3.63, 3.8) is 0 Å². The third-order valence-electron chi connectivity index (χ3n) is 4.96. The zero-order valence-electron chi connectivity index (χ0n) is 11.9. The summed E-state index contributed by atoms with van der Waals surface area (Å²) >= 11 is 5.21. The van der Waals surface area contributed by atoms with Gasteiger partial charge in [0.05, 0.1) is 10.4 Å². The molecule has 4 heteroatoms. The van der Waals surface area contributed by atoms with E-state index in [4.69, 9.17) is 18.0 Å². The summed E-state index contributed by atoms with van der Waals surface area (Å²) in [5, 5.41) is 3.22. The molecule has 0 heterocycles. The zero-order valence-corrected chi connectivity index (χ0v) is 12.7. The van der Waals surface area contributed by atoms with Crippen LogP contribution in [0.15, 0.2) is 0 Å². The van der Waals surface area contributed by atoms with Gasteiger partial charge in [-0.2, -0.15) is 0 Å². The predicted molar refractivity (Wildman–Crippen MR) is 81.9 cm³/mol. The summed E-state index contributed by atoms with van der Waals surface area (Å²) in [5.74, 6) is 0.895. The molecule has 3 N–H and O–H groups in total. The molecule has 2 saturated carbocycles. The molecular formula is C15H26N2OS. The van der Waals surface area contributed by atoms with E-state index in [1.807, 2.05) is 0 Å². The highest BCUT2D eigenvalue weighted by Gasteiger charge is 2.43. The smallest absolute Gasteiger partial charge is 0.233 e. The molecule has 0 aromatic heterocycles. The molecule has 2 rings (SSSR count). The number of hydrogen-bond acceptors (Lipinski definition) is 2. The van der Waals surface area contributed by atoms with Gasteiger partial charge in [0.2, 0.25) is 5.91 Å². The fourth-order valence-electron chi connectivity index (χ4n) is 3.47. The van der Waals surface area contributed by atoms with E-state index in [0.29, 0.717) is 11.0 Å². The van der Waals surface area contributed by atoms with Crippen LogP contribution in [0.1, 0.15) is 64.7 Å². The maximum Gasteiger partial charge on any atom is 0.233 e. The van der Waals surface area contributed by atoms with Crippen LogP contribution in [0.25, 0.3) is 0 Å². The maximum absolute atomic E-state index is 12.6. The van der Waals surface area contributed by atoms with Gasteiger partial charge in [0, 0.05) is 6.04 Å². The van der Waals surface area contributed by atoms with Gasteiger partial charge in [0.1, 0.15) is 0 Å². The SMILES string of the molecule is CC1CCC(NC(=O)C2(C(N)=S)CCCCC2)CC1. The summed E-state index contributed by atoms with van der Waals surface area (Å²) < 4.78 is 0. The molecule has 1 amide bonds. The van der Waals surface area contributed by atoms with Crippen LogP contribution in [0.4, 0.5) is 0 Å². The van der Waals surface area contributed by atoms with Crippen molar-refractivity contribution in [1.29, 1.82) is 0 Å². The third-order valence-corrected chi connectivity index (χ3v) is 5.36. The van der Waals surface area contributed by atoms with E-state index in [0.717, 1.165) is 44.4 Å². The summed E-state index contributed by atoms with van der Waals surface area (Å²) in [6.45, 7) is 2.29. The van der Waals surface area contributed by atoms with Crippen molar-refractivity contribution in [2.24, 2.45) is 17.1 Å². The lowest BCUT2D eigenvalue weighted by atomic mass is 9.73. The monoisotopic (exact) mass is 282 g/mol. The summed E-state index contributed by atoms with van der Waals surface area (Å²) in [7, 11) is 0. The van der Waals surface area contributed by atoms with Crippen LogP contribution in [0, 0.1) is 11.3 Å². The van der Waals surface area contributed by atoms with Crippen LogP contribution >= 0.6 is 12.2 Å². The van der Waals surface area contributed by atoms with Gasteiger partial charge in [-0.05, 0) is 44.4 Å². The number of hydrogen-bond donors (Lipinski definition) is 2. The number of thiocarbonyl (C=S) groups is 1. The second-order valence-electron chi connectivity index (χ2n) is 6.44. The predicted octanol–water partition coefficient (Wildman–Crippen LogP) is 2.92. The first kappa shape index (κ1) is 14.8. The lowest BCUT2D eigenvalue weighted by molar-refractivity contribution is -0.129. The second-order valence-corrected chi connectivity index (χ2v) is 6.88. The minimum Gasteiger partial charge on any atom is -0.392 e. The molecule has 0 aromatic rings. The van der Waals surface area contributed by atoms with Crippen molar-refractivity contribution >= 4 is 23.1 Å². The largest absolute Gasteiger partial charge is 0.392 e. The van der Waals surface area contributed by atoms with Gasteiger partial charge in [0.15, 0.2) is 0 Å². The molecule has 19 heavy (non-hydrogen) atoms. The average molecular weight is 282 g/mol. The summed E-state index contributed by atoms with van der Waals surface area (Å²) in [6.07, 6.45) is 9.60. The Kier molecular flexibility index (Phi) is 4.82. The van der Waals surface area contributed by atoms with E-state index in [1.54, 1.807) is 0 Å². The Morgan fingerprint density at radius 3 is 2.26 bits per heavy atom. The molecule has 2 fully saturated rings. The van der Waals surface area contributed by atoms with E-state index in [9.17, 15) is 4.79 Å². The van der Waals surface area contributed by atoms with E-state index >= 15 is 0 Å². The van der Waals surface area contributed by atoms with Gasteiger partial charge in [-0.25, -0.2) is 0 Å². The number of carbonyl (C=O) groups is 1. The van der Waals surface area contributed by atoms with Crippen molar-refractivity contribution < 1.29 is 4.79 Å². The van der Waals surface area contributed by atoms with E-state index in [-0.39, 0.29) is 5.91 Å². The summed E-state index contributed by atoms with van der Waals surface area (Å²) in [4.78, 5) is 13.0. The fraction of sp³-hybridized carbons (Fsp3) is 0.867. The molecule has 0 spiro atoms. The topological polar surface area (TPSA) is 55.1 Å². The molecule has 0 aliphatic heterocycles. The number of rotatable bonds is 3. The van der Waals surface area contributed by atoms with E-state index in [2.05, 4.69) is 12.2 Å². The van der Waals surface area contributed by atoms with E-state index < -0.39 is 5.41 Å². The Bertz CT molecular complexity index is 342. The Morgan fingerprint density at radius 1 is 1.16 bits per heavy atom.